The van der Waals surface area contributed by atoms with Crippen LogP contribution in [0.4, 0.5) is 0 Å². The maximum Gasteiger partial charge on any atom is 0.0799 e. The fraction of sp³-hybridized carbons (Fsp3) is 0.400. The van der Waals surface area contributed by atoms with E-state index in [9.17, 15) is 5.11 Å². The zero-order valence-corrected chi connectivity index (χ0v) is 6.77. The van der Waals surface area contributed by atoms with Gasteiger partial charge in [0.05, 0.1) is 12.7 Å². The van der Waals surface area contributed by atoms with Crippen LogP contribution in [0.5, 0.6) is 0 Å². The van der Waals surface area contributed by atoms with Crippen molar-refractivity contribution >= 4 is 0 Å². The molecular formula is C10H12O2. The Hall–Kier alpha value is -0.860. The van der Waals surface area contributed by atoms with Crippen LogP contribution >= 0.6 is 0 Å². The van der Waals surface area contributed by atoms with Crippen molar-refractivity contribution < 1.29 is 10.2 Å². The van der Waals surface area contributed by atoms with Crippen LogP contribution in [0.2, 0.25) is 0 Å². The number of hydrogen-bond acceptors (Lipinski definition) is 2. The highest BCUT2D eigenvalue weighted by molar-refractivity contribution is 5.36. The van der Waals surface area contributed by atoms with Crippen molar-refractivity contribution in [1.29, 1.82) is 0 Å². The summed E-state index contributed by atoms with van der Waals surface area (Å²) in [6.07, 6.45) is 0.286. The third-order valence-electron chi connectivity index (χ3n) is 2.52. The van der Waals surface area contributed by atoms with E-state index in [0.717, 1.165) is 11.1 Å². The normalized spacial score (nSPS) is 27.2. The van der Waals surface area contributed by atoms with Crippen LogP contribution < -0.4 is 0 Å². The monoisotopic (exact) mass is 164 g/mol. The highest BCUT2D eigenvalue weighted by Crippen LogP contribution is 2.39. The van der Waals surface area contributed by atoms with Crippen molar-refractivity contribution in [2.75, 3.05) is 6.61 Å². The standard InChI is InChI=1S/C10H12O2/c11-6-7-5-10(12)9-4-2-1-3-8(7)9/h1-4,7,10-12H,5-6H2/t7-,10?/m1/s1. The number of benzene rings is 1. The van der Waals surface area contributed by atoms with Gasteiger partial charge in [-0.15, -0.1) is 0 Å². The van der Waals surface area contributed by atoms with Gasteiger partial charge in [-0.1, -0.05) is 24.3 Å². The number of hydrogen-bond donors (Lipinski definition) is 2. The largest absolute Gasteiger partial charge is 0.396 e. The molecule has 2 atom stereocenters. The van der Waals surface area contributed by atoms with Gasteiger partial charge >= 0.3 is 0 Å². The fourth-order valence-electron chi connectivity index (χ4n) is 1.88. The van der Waals surface area contributed by atoms with Crippen LogP contribution in [0.25, 0.3) is 0 Å². The zero-order valence-electron chi connectivity index (χ0n) is 6.77. The first-order valence-electron chi connectivity index (χ1n) is 4.20. The third kappa shape index (κ3) is 1.04. The average Bonchev–Trinajstić information content (AvgIpc) is 2.44. The van der Waals surface area contributed by atoms with E-state index in [1.807, 2.05) is 24.3 Å². The summed E-state index contributed by atoms with van der Waals surface area (Å²) in [5.74, 6) is 0.135. The molecule has 2 nitrogen and oxygen atoms in total. The van der Waals surface area contributed by atoms with Crippen molar-refractivity contribution in [3.63, 3.8) is 0 Å². The second kappa shape index (κ2) is 2.88. The molecule has 2 heteroatoms. The highest BCUT2D eigenvalue weighted by Gasteiger charge is 2.28. The molecule has 0 bridgehead atoms. The number of rotatable bonds is 1. The van der Waals surface area contributed by atoms with Gasteiger partial charge in [-0.05, 0) is 17.5 Å². The lowest BCUT2D eigenvalue weighted by molar-refractivity contribution is 0.158. The van der Waals surface area contributed by atoms with Gasteiger partial charge in [0.15, 0.2) is 0 Å². The maximum absolute atomic E-state index is 9.57. The average molecular weight is 164 g/mol. The summed E-state index contributed by atoms with van der Waals surface area (Å²) < 4.78 is 0. The van der Waals surface area contributed by atoms with Crippen molar-refractivity contribution in [2.24, 2.45) is 0 Å². The molecule has 1 aliphatic rings. The molecule has 0 saturated carbocycles. The Labute approximate surface area is 71.5 Å². The number of aliphatic hydroxyl groups excluding tert-OH is 2. The Morgan fingerprint density at radius 3 is 2.58 bits per heavy atom. The summed E-state index contributed by atoms with van der Waals surface area (Å²) in [6, 6.07) is 7.77. The van der Waals surface area contributed by atoms with Gasteiger partial charge in [0.25, 0.3) is 0 Å². The molecule has 1 aromatic carbocycles. The van der Waals surface area contributed by atoms with E-state index in [2.05, 4.69) is 0 Å². The third-order valence-corrected chi connectivity index (χ3v) is 2.52. The van der Waals surface area contributed by atoms with Crippen LogP contribution in [0.15, 0.2) is 24.3 Å². The predicted molar refractivity (Wildman–Crippen MR) is 45.8 cm³/mol. The second-order valence-electron chi connectivity index (χ2n) is 3.26. The van der Waals surface area contributed by atoms with E-state index in [4.69, 9.17) is 5.11 Å². The summed E-state index contributed by atoms with van der Waals surface area (Å²) >= 11 is 0. The van der Waals surface area contributed by atoms with Gasteiger partial charge < -0.3 is 10.2 Å². The molecule has 1 unspecified atom stereocenters. The van der Waals surface area contributed by atoms with E-state index in [0.29, 0.717) is 6.42 Å². The molecule has 2 N–H and O–H groups in total. The summed E-state index contributed by atoms with van der Waals surface area (Å²) in [5.41, 5.74) is 2.09. The molecule has 0 spiro atoms. The fourth-order valence-corrected chi connectivity index (χ4v) is 1.88. The minimum atomic E-state index is -0.377. The van der Waals surface area contributed by atoms with Gasteiger partial charge in [-0.3, -0.25) is 0 Å². The first kappa shape index (κ1) is 7.77. The summed E-state index contributed by atoms with van der Waals surface area (Å²) in [6.45, 7) is 0.133. The Balaban J connectivity index is 2.43. The molecule has 0 fully saturated rings. The molecule has 0 aromatic heterocycles. The molecule has 0 aliphatic heterocycles. The summed E-state index contributed by atoms with van der Waals surface area (Å²) in [5, 5.41) is 18.6. The second-order valence-corrected chi connectivity index (χ2v) is 3.26. The molecule has 0 heterocycles. The van der Waals surface area contributed by atoms with E-state index in [1.54, 1.807) is 0 Å². The topological polar surface area (TPSA) is 40.5 Å². The van der Waals surface area contributed by atoms with E-state index in [1.165, 1.54) is 0 Å². The molecule has 2 rings (SSSR count). The first-order valence-corrected chi connectivity index (χ1v) is 4.20. The maximum atomic E-state index is 9.57. The Morgan fingerprint density at radius 1 is 1.25 bits per heavy atom. The molecule has 0 saturated heterocycles. The van der Waals surface area contributed by atoms with Gasteiger partial charge in [-0.25, -0.2) is 0 Å². The Kier molecular flexibility index (Phi) is 1.87. The zero-order chi connectivity index (χ0) is 8.55. The minimum absolute atomic E-state index is 0.133. The predicted octanol–water partition coefficient (Wildman–Crippen LogP) is 1.20. The smallest absolute Gasteiger partial charge is 0.0799 e. The molecule has 0 radical (unpaired) electrons. The molecule has 12 heavy (non-hydrogen) atoms. The Bertz CT molecular complexity index is 283. The molecule has 1 aliphatic carbocycles. The van der Waals surface area contributed by atoms with Gasteiger partial charge in [0.2, 0.25) is 0 Å². The van der Waals surface area contributed by atoms with Crippen molar-refractivity contribution in [1.82, 2.24) is 0 Å². The van der Waals surface area contributed by atoms with Crippen LogP contribution in [-0.2, 0) is 0 Å². The van der Waals surface area contributed by atoms with Crippen molar-refractivity contribution in [3.05, 3.63) is 35.4 Å². The van der Waals surface area contributed by atoms with Gasteiger partial charge in [-0.2, -0.15) is 0 Å². The van der Waals surface area contributed by atoms with Crippen molar-refractivity contribution in [3.8, 4) is 0 Å². The number of fused-ring (bicyclic) bond motifs is 1. The van der Waals surface area contributed by atoms with E-state index < -0.39 is 0 Å². The van der Waals surface area contributed by atoms with Crippen molar-refractivity contribution in [2.45, 2.75) is 18.4 Å². The lowest BCUT2D eigenvalue weighted by Crippen LogP contribution is -1.98. The highest BCUT2D eigenvalue weighted by atomic mass is 16.3. The van der Waals surface area contributed by atoms with Crippen LogP contribution in [0.3, 0.4) is 0 Å². The van der Waals surface area contributed by atoms with Crippen LogP contribution in [0.1, 0.15) is 29.6 Å². The van der Waals surface area contributed by atoms with Crippen LogP contribution in [0, 0.1) is 0 Å². The molecule has 64 valence electrons. The summed E-state index contributed by atoms with van der Waals surface area (Å²) in [4.78, 5) is 0. The SMILES string of the molecule is OC[C@H]1CC(O)c2ccccc21. The van der Waals surface area contributed by atoms with E-state index >= 15 is 0 Å². The van der Waals surface area contributed by atoms with Crippen LogP contribution in [-0.4, -0.2) is 16.8 Å². The van der Waals surface area contributed by atoms with E-state index in [-0.39, 0.29) is 18.6 Å². The molecule has 1 aromatic rings. The first-order chi connectivity index (χ1) is 5.83. The summed E-state index contributed by atoms with van der Waals surface area (Å²) in [7, 11) is 0. The lowest BCUT2D eigenvalue weighted by atomic mass is 10.0. The molecule has 0 amide bonds. The lowest BCUT2D eigenvalue weighted by Gasteiger charge is -2.04. The minimum Gasteiger partial charge on any atom is -0.396 e. The number of aliphatic hydroxyl groups is 2. The Morgan fingerprint density at radius 2 is 1.92 bits per heavy atom. The van der Waals surface area contributed by atoms with Gasteiger partial charge in [0, 0.05) is 5.92 Å². The quantitative estimate of drug-likeness (QED) is 0.654. The van der Waals surface area contributed by atoms with Gasteiger partial charge in [0.1, 0.15) is 0 Å². The molecular weight excluding hydrogens is 152 g/mol.